The Morgan fingerprint density at radius 1 is 1.43 bits per heavy atom. The van der Waals surface area contributed by atoms with Crippen molar-refractivity contribution in [3.05, 3.63) is 33.6 Å². The smallest absolute Gasteiger partial charge is 0.0730 e. The maximum atomic E-state index is 5.41. The van der Waals surface area contributed by atoms with Crippen LogP contribution in [0.4, 0.5) is 0 Å². The summed E-state index contributed by atoms with van der Waals surface area (Å²) in [5, 5.41) is 3.49. The van der Waals surface area contributed by atoms with Crippen LogP contribution >= 0.6 is 27.3 Å². The number of halogens is 1. The number of rotatable bonds is 3. The van der Waals surface area contributed by atoms with Crippen LogP contribution in [0.15, 0.2) is 28.1 Å². The van der Waals surface area contributed by atoms with Crippen molar-refractivity contribution in [1.82, 2.24) is 0 Å². The normalized spacial score (nSPS) is 11.0. The van der Waals surface area contributed by atoms with Gasteiger partial charge in [0.25, 0.3) is 0 Å². The predicted octanol–water partition coefficient (Wildman–Crippen LogP) is 4.20. The standard InChI is InChI=1S/C11H11BrOS/c1-2-13-6-8-7-14-11-5-9(12)3-4-10(8)11/h3-5,7H,2,6H2,1H3. The molecule has 1 nitrogen and oxygen atoms in total. The number of hydrogen-bond acceptors (Lipinski definition) is 2. The molecule has 1 aromatic heterocycles. The van der Waals surface area contributed by atoms with Gasteiger partial charge in [-0.2, -0.15) is 0 Å². The van der Waals surface area contributed by atoms with Crippen LogP contribution in [0.25, 0.3) is 10.1 Å². The minimum Gasteiger partial charge on any atom is -0.377 e. The molecule has 0 aliphatic heterocycles. The van der Waals surface area contributed by atoms with E-state index in [-0.39, 0.29) is 0 Å². The Hall–Kier alpha value is -0.380. The lowest BCUT2D eigenvalue weighted by molar-refractivity contribution is 0.135. The minimum atomic E-state index is 0.720. The first-order valence-electron chi connectivity index (χ1n) is 4.54. The molecule has 0 saturated heterocycles. The Labute approximate surface area is 95.8 Å². The molecule has 1 aromatic carbocycles. The highest BCUT2D eigenvalue weighted by molar-refractivity contribution is 9.10. The van der Waals surface area contributed by atoms with Gasteiger partial charge in [-0.15, -0.1) is 11.3 Å². The van der Waals surface area contributed by atoms with Crippen LogP contribution in [0.3, 0.4) is 0 Å². The molecular weight excluding hydrogens is 260 g/mol. The fourth-order valence-electron chi connectivity index (χ4n) is 1.38. The summed E-state index contributed by atoms with van der Waals surface area (Å²) in [5.41, 5.74) is 1.29. The van der Waals surface area contributed by atoms with Gasteiger partial charge in [0.15, 0.2) is 0 Å². The van der Waals surface area contributed by atoms with E-state index in [2.05, 4.69) is 39.5 Å². The van der Waals surface area contributed by atoms with Gasteiger partial charge in [-0.1, -0.05) is 22.0 Å². The summed E-state index contributed by atoms with van der Waals surface area (Å²) in [6.07, 6.45) is 0. The minimum absolute atomic E-state index is 0.720. The molecule has 0 N–H and O–H groups in total. The van der Waals surface area contributed by atoms with Gasteiger partial charge in [-0.3, -0.25) is 0 Å². The zero-order valence-electron chi connectivity index (χ0n) is 7.92. The van der Waals surface area contributed by atoms with Crippen molar-refractivity contribution in [2.24, 2.45) is 0 Å². The van der Waals surface area contributed by atoms with E-state index in [0.717, 1.165) is 17.7 Å². The second-order valence-electron chi connectivity index (χ2n) is 3.04. The summed E-state index contributed by atoms with van der Waals surface area (Å²) in [7, 11) is 0. The molecule has 0 amide bonds. The fourth-order valence-corrected chi connectivity index (χ4v) is 2.88. The number of fused-ring (bicyclic) bond motifs is 1. The maximum absolute atomic E-state index is 5.41. The zero-order valence-corrected chi connectivity index (χ0v) is 10.3. The molecule has 0 aliphatic rings. The van der Waals surface area contributed by atoms with E-state index < -0.39 is 0 Å². The fraction of sp³-hybridized carbons (Fsp3) is 0.273. The summed E-state index contributed by atoms with van der Waals surface area (Å²) in [4.78, 5) is 0. The molecule has 0 radical (unpaired) electrons. The van der Waals surface area contributed by atoms with Gasteiger partial charge in [0, 0.05) is 15.8 Å². The number of thiophene rings is 1. The molecule has 2 rings (SSSR count). The first-order chi connectivity index (χ1) is 6.81. The van der Waals surface area contributed by atoms with Crippen molar-refractivity contribution in [3.63, 3.8) is 0 Å². The van der Waals surface area contributed by atoms with Gasteiger partial charge in [0.2, 0.25) is 0 Å². The van der Waals surface area contributed by atoms with E-state index in [1.165, 1.54) is 15.6 Å². The molecule has 0 atom stereocenters. The van der Waals surface area contributed by atoms with Gasteiger partial charge < -0.3 is 4.74 Å². The second kappa shape index (κ2) is 4.43. The van der Waals surface area contributed by atoms with E-state index in [1.54, 1.807) is 11.3 Å². The highest BCUT2D eigenvalue weighted by Crippen LogP contribution is 2.29. The van der Waals surface area contributed by atoms with E-state index in [1.807, 2.05) is 6.92 Å². The summed E-state index contributed by atoms with van der Waals surface area (Å²) in [6, 6.07) is 6.37. The third-order valence-electron chi connectivity index (χ3n) is 2.08. The number of hydrogen-bond donors (Lipinski definition) is 0. The van der Waals surface area contributed by atoms with Gasteiger partial charge >= 0.3 is 0 Å². The Kier molecular flexibility index (Phi) is 3.21. The van der Waals surface area contributed by atoms with Crippen LogP contribution in [-0.2, 0) is 11.3 Å². The lowest BCUT2D eigenvalue weighted by Crippen LogP contribution is -1.89. The highest BCUT2D eigenvalue weighted by atomic mass is 79.9. The second-order valence-corrected chi connectivity index (χ2v) is 4.87. The monoisotopic (exact) mass is 270 g/mol. The summed E-state index contributed by atoms with van der Waals surface area (Å²) < 4.78 is 7.86. The van der Waals surface area contributed by atoms with Gasteiger partial charge in [-0.25, -0.2) is 0 Å². The molecule has 0 spiro atoms. The van der Waals surface area contributed by atoms with Gasteiger partial charge in [0.1, 0.15) is 0 Å². The van der Waals surface area contributed by atoms with Crippen LogP contribution in [0.2, 0.25) is 0 Å². The van der Waals surface area contributed by atoms with Crippen LogP contribution < -0.4 is 0 Å². The summed E-state index contributed by atoms with van der Waals surface area (Å²) in [6.45, 7) is 3.51. The van der Waals surface area contributed by atoms with Crippen LogP contribution in [0.5, 0.6) is 0 Å². The summed E-state index contributed by atoms with van der Waals surface area (Å²) >= 11 is 5.24. The topological polar surface area (TPSA) is 9.23 Å². The van der Waals surface area contributed by atoms with Crippen molar-refractivity contribution in [2.45, 2.75) is 13.5 Å². The molecule has 0 aliphatic carbocycles. The Bertz CT molecular complexity index is 436. The molecule has 0 bridgehead atoms. The average molecular weight is 271 g/mol. The lowest BCUT2D eigenvalue weighted by atomic mass is 10.2. The molecule has 14 heavy (non-hydrogen) atoms. The molecule has 0 fully saturated rings. The third-order valence-corrected chi connectivity index (χ3v) is 3.57. The molecule has 74 valence electrons. The largest absolute Gasteiger partial charge is 0.377 e. The first-order valence-corrected chi connectivity index (χ1v) is 6.22. The molecule has 1 heterocycles. The van der Waals surface area contributed by atoms with E-state index >= 15 is 0 Å². The van der Waals surface area contributed by atoms with E-state index in [9.17, 15) is 0 Å². The van der Waals surface area contributed by atoms with Crippen molar-refractivity contribution < 1.29 is 4.74 Å². The van der Waals surface area contributed by atoms with Crippen molar-refractivity contribution in [3.8, 4) is 0 Å². The van der Waals surface area contributed by atoms with Crippen molar-refractivity contribution in [2.75, 3.05) is 6.61 Å². The van der Waals surface area contributed by atoms with Crippen LogP contribution in [-0.4, -0.2) is 6.61 Å². The lowest BCUT2D eigenvalue weighted by Gasteiger charge is -1.99. The van der Waals surface area contributed by atoms with E-state index in [4.69, 9.17) is 4.74 Å². The number of benzene rings is 1. The number of ether oxygens (including phenoxy) is 1. The van der Waals surface area contributed by atoms with Crippen LogP contribution in [0.1, 0.15) is 12.5 Å². The van der Waals surface area contributed by atoms with Gasteiger partial charge in [0.05, 0.1) is 6.61 Å². The van der Waals surface area contributed by atoms with Gasteiger partial charge in [-0.05, 0) is 35.4 Å². The summed E-state index contributed by atoms with van der Waals surface area (Å²) in [5.74, 6) is 0. The average Bonchev–Trinajstić information content (AvgIpc) is 2.57. The van der Waals surface area contributed by atoms with Crippen molar-refractivity contribution >= 4 is 37.4 Å². The maximum Gasteiger partial charge on any atom is 0.0730 e. The SMILES string of the molecule is CCOCc1csc2cc(Br)ccc12. The van der Waals surface area contributed by atoms with Crippen molar-refractivity contribution in [1.29, 1.82) is 0 Å². The van der Waals surface area contributed by atoms with Crippen LogP contribution in [0, 0.1) is 0 Å². The molecule has 3 heteroatoms. The first kappa shape index (κ1) is 10.1. The predicted molar refractivity (Wildman–Crippen MR) is 64.9 cm³/mol. The van der Waals surface area contributed by atoms with E-state index in [0.29, 0.717) is 0 Å². The Morgan fingerprint density at radius 3 is 3.07 bits per heavy atom. The molecule has 2 aromatic rings. The highest BCUT2D eigenvalue weighted by Gasteiger charge is 2.03. The zero-order chi connectivity index (χ0) is 9.97. The molecule has 0 unspecified atom stereocenters. The molecular formula is C11H11BrOS. The quantitative estimate of drug-likeness (QED) is 0.812. The Morgan fingerprint density at radius 2 is 2.29 bits per heavy atom. The molecule has 0 saturated carbocycles. The third kappa shape index (κ3) is 2.00. The Balaban J connectivity index is 2.37.